The fourth-order valence-corrected chi connectivity index (χ4v) is 4.17. The largest absolute Gasteiger partial charge is 0.481 e. The summed E-state index contributed by atoms with van der Waals surface area (Å²) in [7, 11) is 0. The van der Waals surface area contributed by atoms with Crippen molar-refractivity contribution in [3.8, 4) is 5.75 Å². The Labute approximate surface area is 203 Å². The number of nitrogens with zero attached hydrogens (tertiary/aromatic N) is 2. The van der Waals surface area contributed by atoms with Gasteiger partial charge in [0.1, 0.15) is 5.75 Å². The number of carbonyl (C=O) groups is 3. The minimum Gasteiger partial charge on any atom is -0.481 e. The molecule has 1 fully saturated rings. The molecule has 33 heavy (non-hydrogen) atoms. The molecular weight excluding hydrogens is 510 g/mol. The molecule has 10 heteroatoms. The van der Waals surface area contributed by atoms with Crippen molar-refractivity contribution < 1.29 is 24.2 Å². The second-order valence-corrected chi connectivity index (χ2v) is 8.70. The number of thioether (sulfide) groups is 1. The van der Waals surface area contributed by atoms with Gasteiger partial charge in [-0.05, 0) is 41.6 Å². The maximum atomic E-state index is 13.0. The van der Waals surface area contributed by atoms with Crippen molar-refractivity contribution in [2.24, 2.45) is 5.10 Å². The van der Waals surface area contributed by atoms with Gasteiger partial charge in [0, 0.05) is 16.6 Å². The third-order valence-corrected chi connectivity index (χ3v) is 5.79. The van der Waals surface area contributed by atoms with Crippen LogP contribution in [0, 0.1) is 0 Å². The van der Waals surface area contributed by atoms with Gasteiger partial charge >= 0.3 is 5.97 Å². The molecule has 0 radical (unpaired) electrons. The fraction of sp³-hybridized carbons (Fsp3) is 0.130. The molecule has 1 aliphatic rings. The van der Waals surface area contributed by atoms with Crippen LogP contribution in [0.25, 0.3) is 6.08 Å². The summed E-state index contributed by atoms with van der Waals surface area (Å²) in [6.07, 6.45) is 3.31. The number of benzene rings is 2. The standard InChI is InChI=1S/C23H20BrN3O5S/c1-2-10-27-22(31)19(13-16-12-17(24)8-9-18(16)32-14-21(29)30)33-23(27)26-25-20(28)11-15-6-4-3-5-7-15/h2-9,12-13H,1,10-11,14H2,(H,25,28)(H,29,30)/b19-13-,26-23+. The van der Waals surface area contributed by atoms with Crippen molar-refractivity contribution in [3.05, 3.63) is 81.7 Å². The number of carboxylic acids is 1. The summed E-state index contributed by atoms with van der Waals surface area (Å²) in [6, 6.07) is 14.3. The lowest BCUT2D eigenvalue weighted by molar-refractivity contribution is -0.139. The summed E-state index contributed by atoms with van der Waals surface area (Å²) in [5.74, 6) is -1.42. The zero-order valence-corrected chi connectivity index (χ0v) is 19.8. The molecule has 2 amide bonds. The summed E-state index contributed by atoms with van der Waals surface area (Å²) in [4.78, 5) is 37.8. The van der Waals surface area contributed by atoms with Gasteiger partial charge in [-0.2, -0.15) is 0 Å². The van der Waals surface area contributed by atoms with Crippen molar-refractivity contribution in [2.75, 3.05) is 13.2 Å². The van der Waals surface area contributed by atoms with E-state index in [0.29, 0.717) is 21.4 Å². The maximum Gasteiger partial charge on any atom is 0.341 e. The second kappa shape index (κ2) is 11.5. The molecule has 2 N–H and O–H groups in total. The molecule has 2 aromatic rings. The van der Waals surface area contributed by atoms with Crippen LogP contribution in [-0.4, -0.2) is 46.1 Å². The molecule has 2 aromatic carbocycles. The molecule has 0 bridgehead atoms. The van der Waals surface area contributed by atoms with Gasteiger partial charge in [0.05, 0.1) is 11.3 Å². The number of amides is 2. The summed E-state index contributed by atoms with van der Waals surface area (Å²) >= 11 is 4.46. The average Bonchev–Trinajstić information content (AvgIpc) is 3.07. The van der Waals surface area contributed by atoms with Crippen LogP contribution in [0.2, 0.25) is 0 Å². The fourth-order valence-electron chi connectivity index (χ4n) is 2.86. The van der Waals surface area contributed by atoms with Gasteiger partial charge in [-0.3, -0.25) is 14.5 Å². The number of ether oxygens (including phenoxy) is 1. The molecule has 0 aliphatic carbocycles. The van der Waals surface area contributed by atoms with Crippen molar-refractivity contribution >= 4 is 56.7 Å². The van der Waals surface area contributed by atoms with E-state index in [1.165, 1.54) is 4.90 Å². The van der Waals surface area contributed by atoms with Crippen LogP contribution in [0.4, 0.5) is 0 Å². The van der Waals surface area contributed by atoms with Crippen molar-refractivity contribution in [1.82, 2.24) is 10.3 Å². The molecule has 8 nitrogen and oxygen atoms in total. The zero-order chi connectivity index (χ0) is 23.8. The minimum atomic E-state index is -1.11. The summed E-state index contributed by atoms with van der Waals surface area (Å²) in [5.41, 5.74) is 3.86. The molecule has 170 valence electrons. The average molecular weight is 530 g/mol. The number of nitrogens with one attached hydrogen (secondary N) is 1. The summed E-state index contributed by atoms with van der Waals surface area (Å²) in [5, 5.41) is 13.3. The zero-order valence-electron chi connectivity index (χ0n) is 17.4. The Morgan fingerprint density at radius 2 is 2.00 bits per heavy atom. The third-order valence-electron chi connectivity index (χ3n) is 4.29. The lowest BCUT2D eigenvalue weighted by atomic mass is 10.1. The SMILES string of the molecule is C=CCN1C(=O)/C(=C/c2cc(Br)ccc2OCC(=O)O)S/C1=N/NC(=O)Cc1ccccc1. The number of hydrazone groups is 1. The normalized spacial score (nSPS) is 15.7. The van der Waals surface area contributed by atoms with Gasteiger partial charge in [0.15, 0.2) is 11.8 Å². The van der Waals surface area contributed by atoms with E-state index in [1.54, 1.807) is 30.4 Å². The predicted molar refractivity (Wildman–Crippen MR) is 130 cm³/mol. The first-order valence-electron chi connectivity index (χ1n) is 9.74. The summed E-state index contributed by atoms with van der Waals surface area (Å²) in [6.45, 7) is 3.37. The van der Waals surface area contributed by atoms with Crippen LogP contribution >= 0.6 is 27.7 Å². The smallest absolute Gasteiger partial charge is 0.341 e. The molecule has 0 unspecified atom stereocenters. The Balaban J connectivity index is 1.81. The highest BCUT2D eigenvalue weighted by molar-refractivity contribution is 9.10. The first-order chi connectivity index (χ1) is 15.9. The number of hydrogen-bond acceptors (Lipinski definition) is 6. The Hall–Kier alpha value is -3.37. The molecule has 0 atom stereocenters. The van der Waals surface area contributed by atoms with Crippen molar-refractivity contribution in [2.45, 2.75) is 6.42 Å². The second-order valence-electron chi connectivity index (χ2n) is 6.77. The van der Waals surface area contributed by atoms with Gasteiger partial charge in [0.2, 0.25) is 5.91 Å². The number of hydrogen-bond donors (Lipinski definition) is 2. The van der Waals surface area contributed by atoms with E-state index in [9.17, 15) is 14.4 Å². The molecule has 3 rings (SSSR count). The van der Waals surface area contributed by atoms with E-state index in [2.05, 4.69) is 33.0 Å². The third kappa shape index (κ3) is 6.80. The van der Waals surface area contributed by atoms with Crippen LogP contribution in [0.5, 0.6) is 5.75 Å². The molecule has 1 saturated heterocycles. The van der Waals surface area contributed by atoms with Crippen LogP contribution < -0.4 is 10.2 Å². The van der Waals surface area contributed by atoms with Gasteiger partial charge in [-0.15, -0.1) is 11.7 Å². The quantitative estimate of drug-likeness (QED) is 0.291. The van der Waals surface area contributed by atoms with E-state index >= 15 is 0 Å². The van der Waals surface area contributed by atoms with Crippen LogP contribution in [0.15, 0.2) is 75.7 Å². The molecule has 0 spiro atoms. The highest BCUT2D eigenvalue weighted by Crippen LogP contribution is 2.35. The topological polar surface area (TPSA) is 108 Å². The van der Waals surface area contributed by atoms with Crippen molar-refractivity contribution in [3.63, 3.8) is 0 Å². The first-order valence-corrected chi connectivity index (χ1v) is 11.3. The molecule has 0 aromatic heterocycles. The highest BCUT2D eigenvalue weighted by Gasteiger charge is 2.33. The van der Waals surface area contributed by atoms with Crippen LogP contribution in [-0.2, 0) is 20.8 Å². The van der Waals surface area contributed by atoms with Crippen LogP contribution in [0.3, 0.4) is 0 Å². The van der Waals surface area contributed by atoms with E-state index in [0.717, 1.165) is 21.8 Å². The molecule has 1 aliphatic heterocycles. The molecular formula is C23H20BrN3O5S. The van der Waals surface area contributed by atoms with E-state index < -0.39 is 12.6 Å². The lowest BCUT2D eigenvalue weighted by Gasteiger charge is -2.12. The molecule has 1 heterocycles. The monoisotopic (exact) mass is 529 g/mol. The van der Waals surface area contributed by atoms with Gasteiger partial charge in [-0.25, -0.2) is 10.2 Å². The number of aliphatic carboxylic acids is 1. The first kappa shape index (κ1) is 24.3. The Kier molecular flexibility index (Phi) is 8.45. The Morgan fingerprint density at radius 3 is 2.70 bits per heavy atom. The van der Waals surface area contributed by atoms with E-state index in [1.807, 2.05) is 30.3 Å². The van der Waals surface area contributed by atoms with E-state index in [-0.39, 0.29) is 24.8 Å². The number of halogens is 1. The van der Waals surface area contributed by atoms with E-state index in [4.69, 9.17) is 9.84 Å². The highest BCUT2D eigenvalue weighted by atomic mass is 79.9. The van der Waals surface area contributed by atoms with Gasteiger partial charge in [0.25, 0.3) is 5.91 Å². The number of rotatable bonds is 9. The molecule has 0 saturated carbocycles. The lowest BCUT2D eigenvalue weighted by Crippen LogP contribution is -2.31. The van der Waals surface area contributed by atoms with Crippen LogP contribution in [0.1, 0.15) is 11.1 Å². The van der Waals surface area contributed by atoms with Crippen molar-refractivity contribution in [1.29, 1.82) is 0 Å². The summed E-state index contributed by atoms with van der Waals surface area (Å²) < 4.78 is 6.07. The maximum absolute atomic E-state index is 13.0. The predicted octanol–water partition coefficient (Wildman–Crippen LogP) is 3.64. The number of carbonyl (C=O) groups excluding carboxylic acids is 2. The van der Waals surface area contributed by atoms with Gasteiger partial charge < -0.3 is 9.84 Å². The Morgan fingerprint density at radius 1 is 1.24 bits per heavy atom. The van der Waals surface area contributed by atoms with Gasteiger partial charge in [-0.1, -0.05) is 52.3 Å². The number of carboxylic acid groups (broad SMARTS) is 1. The number of amidine groups is 1. The Bertz CT molecular complexity index is 1130. The minimum absolute atomic E-state index is 0.155.